The van der Waals surface area contributed by atoms with Crippen molar-refractivity contribution in [2.45, 2.75) is 20.8 Å². The summed E-state index contributed by atoms with van der Waals surface area (Å²) >= 11 is 0. The van der Waals surface area contributed by atoms with Gasteiger partial charge in [-0.25, -0.2) is 10.3 Å². The van der Waals surface area contributed by atoms with Crippen molar-refractivity contribution in [1.82, 2.24) is 5.48 Å². The van der Waals surface area contributed by atoms with Gasteiger partial charge in [0.05, 0.1) is 17.7 Å². The Balaban J connectivity index is 3.25. The highest BCUT2D eigenvalue weighted by molar-refractivity contribution is 6.06. The van der Waals surface area contributed by atoms with Gasteiger partial charge in [0.2, 0.25) is 0 Å². The molecule has 1 rings (SSSR count). The van der Waals surface area contributed by atoms with E-state index in [0.717, 1.165) is 0 Å². The predicted octanol–water partition coefficient (Wildman–Crippen LogP) is 1.68. The first-order valence-corrected chi connectivity index (χ1v) is 5.24. The van der Waals surface area contributed by atoms with Crippen LogP contribution in [0.4, 0.5) is 0 Å². The molecule has 5 nitrogen and oxygen atoms in total. The van der Waals surface area contributed by atoms with Gasteiger partial charge in [-0.1, -0.05) is 12.1 Å². The van der Waals surface area contributed by atoms with Gasteiger partial charge in [0.25, 0.3) is 5.91 Å². The van der Waals surface area contributed by atoms with E-state index in [-0.39, 0.29) is 11.1 Å². The third kappa shape index (κ3) is 2.82. The summed E-state index contributed by atoms with van der Waals surface area (Å²) in [5.74, 6) is -1.65. The molecule has 5 heteroatoms. The molecular formula is C12H15NO4. The molecule has 0 aliphatic carbocycles. The monoisotopic (exact) mass is 237 g/mol. The lowest BCUT2D eigenvalue weighted by Crippen LogP contribution is -2.27. The highest BCUT2D eigenvalue weighted by atomic mass is 16.6. The van der Waals surface area contributed by atoms with Gasteiger partial charge in [-0.05, 0) is 31.9 Å². The topological polar surface area (TPSA) is 75.6 Å². The van der Waals surface area contributed by atoms with Crippen molar-refractivity contribution >= 4 is 11.9 Å². The Labute approximate surface area is 99.4 Å². The van der Waals surface area contributed by atoms with Gasteiger partial charge in [-0.3, -0.25) is 9.63 Å². The van der Waals surface area contributed by atoms with E-state index in [1.54, 1.807) is 32.9 Å². The van der Waals surface area contributed by atoms with Crippen molar-refractivity contribution in [2.24, 2.45) is 0 Å². The van der Waals surface area contributed by atoms with Gasteiger partial charge >= 0.3 is 5.97 Å². The molecule has 17 heavy (non-hydrogen) atoms. The van der Waals surface area contributed by atoms with E-state index < -0.39 is 11.9 Å². The minimum absolute atomic E-state index is 0.0159. The second-order valence-electron chi connectivity index (χ2n) is 3.62. The second-order valence-corrected chi connectivity index (χ2v) is 3.62. The number of hydrogen-bond donors (Lipinski definition) is 2. The number of carbonyl (C=O) groups excluding carboxylic acids is 1. The molecule has 0 aliphatic rings. The van der Waals surface area contributed by atoms with Crippen LogP contribution in [0.3, 0.4) is 0 Å². The minimum atomic E-state index is -1.12. The number of benzene rings is 1. The maximum Gasteiger partial charge on any atom is 0.336 e. The van der Waals surface area contributed by atoms with Crippen LogP contribution in [-0.4, -0.2) is 23.6 Å². The number of aromatic carboxylic acids is 1. The molecule has 0 heterocycles. The number of carboxylic acid groups (broad SMARTS) is 1. The zero-order valence-electron chi connectivity index (χ0n) is 10.0. The zero-order valence-corrected chi connectivity index (χ0v) is 10.0. The normalized spacial score (nSPS) is 10.1. The second kappa shape index (κ2) is 5.45. The largest absolute Gasteiger partial charge is 0.478 e. The summed E-state index contributed by atoms with van der Waals surface area (Å²) < 4.78 is 0. The van der Waals surface area contributed by atoms with E-state index in [0.29, 0.717) is 17.7 Å². The van der Waals surface area contributed by atoms with Crippen molar-refractivity contribution in [1.29, 1.82) is 0 Å². The highest BCUT2D eigenvalue weighted by Crippen LogP contribution is 2.18. The summed E-state index contributed by atoms with van der Waals surface area (Å²) in [5.41, 5.74) is 3.52. The molecule has 0 aliphatic heterocycles. The molecule has 92 valence electrons. The van der Waals surface area contributed by atoms with Crippen LogP contribution >= 0.6 is 0 Å². The van der Waals surface area contributed by atoms with Crippen LogP contribution < -0.4 is 5.48 Å². The van der Waals surface area contributed by atoms with Crippen LogP contribution in [0.25, 0.3) is 0 Å². The van der Waals surface area contributed by atoms with Gasteiger partial charge in [0, 0.05) is 0 Å². The summed E-state index contributed by atoms with van der Waals surface area (Å²) in [5, 5.41) is 9.12. The number of amides is 1. The van der Waals surface area contributed by atoms with E-state index in [1.807, 2.05) is 0 Å². The quantitative estimate of drug-likeness (QED) is 0.781. The van der Waals surface area contributed by atoms with Crippen molar-refractivity contribution in [3.63, 3.8) is 0 Å². The molecule has 0 radical (unpaired) electrons. The van der Waals surface area contributed by atoms with Crippen molar-refractivity contribution in [3.8, 4) is 0 Å². The van der Waals surface area contributed by atoms with Crippen molar-refractivity contribution in [2.75, 3.05) is 6.61 Å². The van der Waals surface area contributed by atoms with Crippen molar-refractivity contribution in [3.05, 3.63) is 34.4 Å². The van der Waals surface area contributed by atoms with E-state index in [9.17, 15) is 9.59 Å². The molecule has 1 aromatic carbocycles. The first kappa shape index (κ1) is 13.2. The fourth-order valence-corrected chi connectivity index (χ4v) is 1.57. The number of carboxylic acids is 1. The van der Waals surface area contributed by atoms with Crippen LogP contribution in [0.1, 0.15) is 38.8 Å². The Bertz CT molecular complexity index is 454. The molecule has 0 atom stereocenters. The van der Waals surface area contributed by atoms with Crippen LogP contribution in [0, 0.1) is 13.8 Å². The van der Waals surface area contributed by atoms with Crippen LogP contribution in [-0.2, 0) is 4.84 Å². The van der Waals surface area contributed by atoms with Crippen LogP contribution in [0.15, 0.2) is 12.1 Å². The third-order valence-electron chi connectivity index (χ3n) is 2.37. The molecule has 0 saturated heterocycles. The first-order chi connectivity index (χ1) is 7.99. The molecular weight excluding hydrogens is 222 g/mol. The van der Waals surface area contributed by atoms with E-state index in [2.05, 4.69) is 5.48 Å². The average Bonchev–Trinajstić information content (AvgIpc) is 2.28. The number of carbonyl (C=O) groups is 2. The van der Waals surface area contributed by atoms with Gasteiger partial charge in [0.1, 0.15) is 0 Å². The molecule has 0 unspecified atom stereocenters. The van der Waals surface area contributed by atoms with E-state index >= 15 is 0 Å². The fraction of sp³-hybridized carbons (Fsp3) is 0.333. The lowest BCUT2D eigenvalue weighted by molar-refractivity contribution is 0.0360. The lowest BCUT2D eigenvalue weighted by Gasteiger charge is -2.11. The molecule has 0 spiro atoms. The lowest BCUT2D eigenvalue weighted by atomic mass is 9.97. The van der Waals surface area contributed by atoms with Gasteiger partial charge in [0.15, 0.2) is 0 Å². The van der Waals surface area contributed by atoms with Crippen LogP contribution in [0.5, 0.6) is 0 Å². The number of hydroxylamine groups is 1. The maximum absolute atomic E-state index is 11.8. The molecule has 0 fully saturated rings. The Kier molecular flexibility index (Phi) is 4.23. The highest BCUT2D eigenvalue weighted by Gasteiger charge is 2.21. The SMILES string of the molecule is CCONC(=O)c1c(C)ccc(C)c1C(=O)O. The fourth-order valence-electron chi connectivity index (χ4n) is 1.57. The number of hydrogen-bond acceptors (Lipinski definition) is 3. The molecule has 1 amide bonds. The summed E-state index contributed by atoms with van der Waals surface area (Å²) in [6.45, 7) is 5.38. The standard InChI is InChI=1S/C12H15NO4/c1-4-17-13-11(14)9-7(2)5-6-8(3)10(9)12(15)16/h5-6H,4H2,1-3H3,(H,13,14)(H,15,16). The third-order valence-corrected chi connectivity index (χ3v) is 2.37. The van der Waals surface area contributed by atoms with E-state index in [4.69, 9.17) is 9.94 Å². The Hall–Kier alpha value is -1.88. The summed E-state index contributed by atoms with van der Waals surface area (Å²) in [4.78, 5) is 27.7. The van der Waals surface area contributed by atoms with Crippen molar-refractivity contribution < 1.29 is 19.5 Å². The molecule has 1 aromatic rings. The Morgan fingerprint density at radius 2 is 1.76 bits per heavy atom. The molecule has 0 aromatic heterocycles. The van der Waals surface area contributed by atoms with Gasteiger partial charge < -0.3 is 5.11 Å². The molecule has 0 saturated carbocycles. The minimum Gasteiger partial charge on any atom is -0.478 e. The number of nitrogens with one attached hydrogen (secondary N) is 1. The molecule has 0 bridgehead atoms. The predicted molar refractivity (Wildman–Crippen MR) is 62.0 cm³/mol. The van der Waals surface area contributed by atoms with Crippen LogP contribution in [0.2, 0.25) is 0 Å². The summed E-state index contributed by atoms with van der Waals surface area (Å²) in [6.07, 6.45) is 0. The first-order valence-electron chi connectivity index (χ1n) is 5.24. The Morgan fingerprint density at radius 3 is 2.24 bits per heavy atom. The number of rotatable bonds is 4. The molecule has 2 N–H and O–H groups in total. The number of aryl methyl sites for hydroxylation is 2. The van der Waals surface area contributed by atoms with Gasteiger partial charge in [-0.15, -0.1) is 0 Å². The smallest absolute Gasteiger partial charge is 0.336 e. The maximum atomic E-state index is 11.8. The Morgan fingerprint density at radius 1 is 1.24 bits per heavy atom. The average molecular weight is 237 g/mol. The van der Waals surface area contributed by atoms with Gasteiger partial charge in [-0.2, -0.15) is 0 Å². The summed E-state index contributed by atoms with van der Waals surface area (Å²) in [6, 6.07) is 3.39. The summed E-state index contributed by atoms with van der Waals surface area (Å²) in [7, 11) is 0. The van der Waals surface area contributed by atoms with E-state index in [1.165, 1.54) is 0 Å². The zero-order chi connectivity index (χ0) is 13.0.